The minimum Gasteiger partial charge on any atom is -0.480 e. The van der Waals surface area contributed by atoms with Gasteiger partial charge < -0.3 is 10.0 Å². The van der Waals surface area contributed by atoms with Gasteiger partial charge in [0.05, 0.1) is 10.0 Å². The first-order valence-corrected chi connectivity index (χ1v) is 6.69. The van der Waals surface area contributed by atoms with E-state index in [4.69, 9.17) is 16.7 Å². The molecule has 1 amide bonds. The van der Waals surface area contributed by atoms with Crippen molar-refractivity contribution in [1.82, 2.24) is 4.90 Å². The van der Waals surface area contributed by atoms with E-state index >= 15 is 0 Å². The Bertz CT molecular complexity index is 510. The zero-order valence-corrected chi connectivity index (χ0v) is 12.5. The fourth-order valence-electron chi connectivity index (χ4n) is 1.57. The van der Waals surface area contributed by atoms with Crippen LogP contribution in [0.2, 0.25) is 5.02 Å². The van der Waals surface area contributed by atoms with Crippen LogP contribution in [0.4, 0.5) is 4.39 Å². The van der Waals surface area contributed by atoms with E-state index in [-0.39, 0.29) is 21.6 Å². The molecule has 0 atom stereocenters. The summed E-state index contributed by atoms with van der Waals surface area (Å²) in [5, 5.41) is 8.86. The van der Waals surface area contributed by atoms with Crippen LogP contribution in [0.5, 0.6) is 0 Å². The molecule has 0 aliphatic heterocycles. The maximum atomic E-state index is 13.5. The molecule has 1 aromatic rings. The van der Waals surface area contributed by atoms with E-state index in [0.29, 0.717) is 6.42 Å². The zero-order valence-electron chi connectivity index (χ0n) is 10.1. The second-order valence-electron chi connectivity index (χ2n) is 3.87. The van der Waals surface area contributed by atoms with Crippen LogP contribution < -0.4 is 0 Å². The van der Waals surface area contributed by atoms with E-state index in [0.717, 1.165) is 11.0 Å². The van der Waals surface area contributed by atoms with Gasteiger partial charge in [-0.25, -0.2) is 4.39 Å². The Balaban J connectivity index is 3.12. The van der Waals surface area contributed by atoms with Gasteiger partial charge in [0.15, 0.2) is 0 Å². The first kappa shape index (κ1) is 15.9. The van der Waals surface area contributed by atoms with E-state index in [1.54, 1.807) is 0 Å². The standard InChI is InChI=1S/C12H12BrClFNO3/c1-2-3-16(6-10(17)18)12(19)8-4-7(14)5-9(15)11(8)13/h4-5H,2-3,6H2,1H3,(H,17,18). The molecular formula is C12H12BrClFNO3. The van der Waals surface area contributed by atoms with Crippen molar-refractivity contribution in [1.29, 1.82) is 0 Å². The highest BCUT2D eigenvalue weighted by atomic mass is 79.9. The Kier molecular flexibility index (Phi) is 5.75. The highest BCUT2D eigenvalue weighted by Gasteiger charge is 2.22. The third kappa shape index (κ3) is 4.18. The van der Waals surface area contributed by atoms with Crippen molar-refractivity contribution in [2.75, 3.05) is 13.1 Å². The van der Waals surface area contributed by atoms with Gasteiger partial charge in [-0.05, 0) is 34.5 Å². The lowest BCUT2D eigenvalue weighted by molar-refractivity contribution is -0.137. The second kappa shape index (κ2) is 6.86. The Labute approximate surface area is 123 Å². The Morgan fingerprint density at radius 3 is 2.63 bits per heavy atom. The molecule has 0 bridgehead atoms. The largest absolute Gasteiger partial charge is 0.480 e. The fourth-order valence-corrected chi connectivity index (χ4v) is 2.17. The molecule has 1 rings (SSSR count). The van der Waals surface area contributed by atoms with Gasteiger partial charge in [-0.1, -0.05) is 18.5 Å². The number of carboxylic acids is 1. The number of carboxylic acid groups (broad SMARTS) is 1. The van der Waals surface area contributed by atoms with Gasteiger partial charge in [0.2, 0.25) is 0 Å². The van der Waals surface area contributed by atoms with Gasteiger partial charge in [0.1, 0.15) is 12.4 Å². The molecule has 0 radical (unpaired) electrons. The summed E-state index contributed by atoms with van der Waals surface area (Å²) in [6.07, 6.45) is 0.597. The van der Waals surface area contributed by atoms with Crippen LogP contribution in [0.25, 0.3) is 0 Å². The number of carbonyl (C=O) groups excluding carboxylic acids is 1. The topological polar surface area (TPSA) is 57.6 Å². The van der Waals surface area contributed by atoms with Crippen LogP contribution in [-0.2, 0) is 4.79 Å². The molecule has 0 saturated carbocycles. The normalized spacial score (nSPS) is 10.3. The lowest BCUT2D eigenvalue weighted by Gasteiger charge is -2.20. The number of benzene rings is 1. The summed E-state index contributed by atoms with van der Waals surface area (Å²) >= 11 is 8.68. The second-order valence-corrected chi connectivity index (χ2v) is 5.10. The lowest BCUT2D eigenvalue weighted by atomic mass is 10.2. The molecule has 0 aliphatic rings. The molecule has 4 nitrogen and oxygen atoms in total. The summed E-state index contributed by atoms with van der Waals surface area (Å²) < 4.78 is 13.5. The smallest absolute Gasteiger partial charge is 0.323 e. The Morgan fingerprint density at radius 1 is 1.47 bits per heavy atom. The Hall–Kier alpha value is -1.14. The lowest BCUT2D eigenvalue weighted by Crippen LogP contribution is -2.36. The monoisotopic (exact) mass is 351 g/mol. The van der Waals surface area contributed by atoms with Crippen molar-refractivity contribution < 1.29 is 19.1 Å². The van der Waals surface area contributed by atoms with Crippen molar-refractivity contribution in [2.24, 2.45) is 0 Å². The van der Waals surface area contributed by atoms with E-state index in [2.05, 4.69) is 15.9 Å². The molecule has 0 aliphatic carbocycles. The van der Waals surface area contributed by atoms with Crippen LogP contribution in [0.1, 0.15) is 23.7 Å². The predicted octanol–water partition coefficient (Wildman–Crippen LogP) is 3.18. The Morgan fingerprint density at radius 2 is 2.11 bits per heavy atom. The molecule has 7 heteroatoms. The minimum atomic E-state index is -1.12. The van der Waals surface area contributed by atoms with Gasteiger partial charge in [0.25, 0.3) is 5.91 Å². The van der Waals surface area contributed by atoms with Crippen LogP contribution >= 0.6 is 27.5 Å². The van der Waals surface area contributed by atoms with Crippen molar-refractivity contribution in [3.05, 3.63) is 33.0 Å². The third-order valence-electron chi connectivity index (χ3n) is 2.33. The van der Waals surface area contributed by atoms with Crippen LogP contribution in [-0.4, -0.2) is 35.0 Å². The maximum absolute atomic E-state index is 13.5. The average Bonchev–Trinajstić information content (AvgIpc) is 2.32. The molecule has 0 fully saturated rings. The van der Waals surface area contributed by atoms with Crippen molar-refractivity contribution >= 4 is 39.4 Å². The summed E-state index contributed by atoms with van der Waals surface area (Å²) in [5.74, 6) is -2.36. The first-order valence-electron chi connectivity index (χ1n) is 5.52. The molecule has 0 spiro atoms. The molecule has 0 aromatic heterocycles. The summed E-state index contributed by atoms with van der Waals surface area (Å²) in [7, 11) is 0. The molecule has 0 saturated heterocycles. The van der Waals surface area contributed by atoms with E-state index in [9.17, 15) is 14.0 Å². The zero-order chi connectivity index (χ0) is 14.6. The number of hydrogen-bond donors (Lipinski definition) is 1. The predicted molar refractivity (Wildman–Crippen MR) is 72.9 cm³/mol. The number of carbonyl (C=O) groups is 2. The van der Waals surface area contributed by atoms with E-state index < -0.39 is 24.2 Å². The minimum absolute atomic E-state index is 0.0136. The van der Waals surface area contributed by atoms with E-state index in [1.807, 2.05) is 6.92 Å². The number of hydrogen-bond acceptors (Lipinski definition) is 2. The SMILES string of the molecule is CCCN(CC(=O)O)C(=O)c1cc(Cl)cc(F)c1Br. The highest BCUT2D eigenvalue weighted by Crippen LogP contribution is 2.26. The van der Waals surface area contributed by atoms with Gasteiger partial charge in [-0.15, -0.1) is 0 Å². The highest BCUT2D eigenvalue weighted by molar-refractivity contribution is 9.10. The quantitative estimate of drug-likeness (QED) is 0.828. The molecule has 104 valence electrons. The molecule has 1 N–H and O–H groups in total. The molecular weight excluding hydrogens is 340 g/mol. The van der Waals surface area contributed by atoms with Crippen molar-refractivity contribution in [2.45, 2.75) is 13.3 Å². The van der Waals surface area contributed by atoms with Crippen molar-refractivity contribution in [3.63, 3.8) is 0 Å². The maximum Gasteiger partial charge on any atom is 0.323 e. The number of amides is 1. The molecule has 0 heterocycles. The summed E-state index contributed by atoms with van der Waals surface area (Å²) in [5.41, 5.74) is 0.0136. The van der Waals surface area contributed by atoms with E-state index in [1.165, 1.54) is 6.07 Å². The fraction of sp³-hybridized carbons (Fsp3) is 0.333. The molecule has 19 heavy (non-hydrogen) atoms. The first-order chi connectivity index (χ1) is 8.86. The van der Waals surface area contributed by atoms with Crippen LogP contribution in [0, 0.1) is 5.82 Å². The van der Waals surface area contributed by atoms with Gasteiger partial charge in [-0.2, -0.15) is 0 Å². The van der Waals surface area contributed by atoms with Gasteiger partial charge in [-0.3, -0.25) is 9.59 Å². The number of nitrogens with zero attached hydrogens (tertiary/aromatic N) is 1. The number of halogens is 3. The number of aliphatic carboxylic acids is 1. The third-order valence-corrected chi connectivity index (χ3v) is 3.35. The van der Waals surface area contributed by atoms with Gasteiger partial charge >= 0.3 is 5.97 Å². The molecule has 1 aromatic carbocycles. The summed E-state index contributed by atoms with van der Waals surface area (Å²) in [6, 6.07) is 2.38. The number of rotatable bonds is 5. The van der Waals surface area contributed by atoms with Crippen molar-refractivity contribution in [3.8, 4) is 0 Å². The average molecular weight is 353 g/mol. The van der Waals surface area contributed by atoms with Gasteiger partial charge in [0, 0.05) is 11.6 Å². The summed E-state index contributed by atoms with van der Waals surface area (Å²) in [4.78, 5) is 24.1. The van der Waals surface area contributed by atoms with Crippen LogP contribution in [0.3, 0.4) is 0 Å². The molecule has 0 unspecified atom stereocenters. The van der Waals surface area contributed by atoms with Crippen LogP contribution in [0.15, 0.2) is 16.6 Å². The summed E-state index contributed by atoms with van der Waals surface area (Å²) in [6.45, 7) is 1.65.